The summed E-state index contributed by atoms with van der Waals surface area (Å²) in [5, 5.41) is 3.45. The maximum absolute atomic E-state index is 13.3. The van der Waals surface area contributed by atoms with Gasteiger partial charge >= 0.3 is 0 Å². The zero-order valence-electron chi connectivity index (χ0n) is 12.0. The van der Waals surface area contributed by atoms with Gasteiger partial charge in [0.15, 0.2) is 0 Å². The van der Waals surface area contributed by atoms with E-state index in [4.69, 9.17) is 0 Å². The molecular weight excluding hydrogens is 253 g/mol. The van der Waals surface area contributed by atoms with Gasteiger partial charge in [-0.15, -0.1) is 0 Å². The first-order valence-corrected chi connectivity index (χ1v) is 7.87. The molecule has 4 heteroatoms. The Morgan fingerprint density at radius 2 is 2.05 bits per heavy atom. The zero-order valence-corrected chi connectivity index (χ0v) is 12.0. The lowest BCUT2D eigenvalue weighted by Gasteiger charge is -2.42. The Bertz CT molecular complexity index is 431. The van der Waals surface area contributed by atoms with Crippen molar-refractivity contribution in [3.63, 3.8) is 0 Å². The fourth-order valence-corrected chi connectivity index (χ4v) is 3.75. The second-order valence-corrected chi connectivity index (χ2v) is 6.13. The molecule has 3 rings (SSSR count). The van der Waals surface area contributed by atoms with E-state index in [1.807, 2.05) is 0 Å². The average Bonchev–Trinajstić information content (AvgIpc) is 2.49. The van der Waals surface area contributed by atoms with Gasteiger partial charge in [0.1, 0.15) is 5.82 Å². The number of piperidine rings is 2. The Morgan fingerprint density at radius 1 is 1.20 bits per heavy atom. The molecule has 0 aromatic carbocycles. The number of halogens is 1. The molecule has 20 heavy (non-hydrogen) atoms. The van der Waals surface area contributed by atoms with E-state index in [0.29, 0.717) is 6.04 Å². The minimum atomic E-state index is -0.224. The summed E-state index contributed by atoms with van der Waals surface area (Å²) in [6, 6.07) is 2.30. The smallest absolute Gasteiger partial charge is 0.141 e. The maximum Gasteiger partial charge on any atom is 0.141 e. The number of rotatable bonds is 3. The Hall–Kier alpha value is -1.00. The largest absolute Gasteiger partial charge is 0.317 e. The van der Waals surface area contributed by atoms with E-state index in [2.05, 4.69) is 15.2 Å². The van der Waals surface area contributed by atoms with Crippen LogP contribution in [0.1, 0.15) is 37.7 Å². The molecule has 110 valence electrons. The Morgan fingerprint density at radius 3 is 2.85 bits per heavy atom. The van der Waals surface area contributed by atoms with Crippen LogP contribution in [0.25, 0.3) is 0 Å². The lowest BCUT2D eigenvalue weighted by molar-refractivity contribution is 0.0776. The van der Waals surface area contributed by atoms with Gasteiger partial charge in [-0.2, -0.15) is 0 Å². The maximum atomic E-state index is 13.3. The van der Waals surface area contributed by atoms with Crippen LogP contribution in [0.15, 0.2) is 18.5 Å². The van der Waals surface area contributed by atoms with E-state index in [1.165, 1.54) is 38.3 Å². The van der Waals surface area contributed by atoms with Crippen molar-refractivity contribution in [1.82, 2.24) is 15.2 Å². The van der Waals surface area contributed by atoms with Crippen LogP contribution >= 0.6 is 0 Å². The molecule has 0 bridgehead atoms. The SMILES string of the molecule is Fc1cncc(CN2CCCCC2C2CCNCC2)c1. The monoisotopic (exact) mass is 277 g/mol. The van der Waals surface area contributed by atoms with Crippen molar-refractivity contribution >= 4 is 0 Å². The van der Waals surface area contributed by atoms with E-state index >= 15 is 0 Å². The minimum Gasteiger partial charge on any atom is -0.317 e. The molecule has 3 nitrogen and oxygen atoms in total. The van der Waals surface area contributed by atoms with Crippen molar-refractivity contribution in [1.29, 1.82) is 0 Å². The summed E-state index contributed by atoms with van der Waals surface area (Å²) in [5.74, 6) is 0.580. The number of likely N-dealkylation sites (tertiary alicyclic amines) is 1. The second-order valence-electron chi connectivity index (χ2n) is 6.13. The lowest BCUT2D eigenvalue weighted by Crippen LogP contribution is -2.46. The number of pyridine rings is 1. The third kappa shape index (κ3) is 3.36. The van der Waals surface area contributed by atoms with Crippen molar-refractivity contribution in [3.8, 4) is 0 Å². The molecule has 1 aromatic rings. The number of nitrogens with one attached hydrogen (secondary N) is 1. The number of nitrogens with zero attached hydrogens (tertiary/aromatic N) is 2. The molecule has 1 aromatic heterocycles. The predicted octanol–water partition coefficient (Wildman–Crippen LogP) is 2.57. The first-order valence-electron chi connectivity index (χ1n) is 7.87. The van der Waals surface area contributed by atoms with Gasteiger partial charge in [0.25, 0.3) is 0 Å². The highest BCUT2D eigenvalue weighted by molar-refractivity contribution is 5.10. The quantitative estimate of drug-likeness (QED) is 0.920. The Labute approximate surface area is 120 Å². The highest BCUT2D eigenvalue weighted by Gasteiger charge is 2.30. The number of aromatic nitrogens is 1. The van der Waals surface area contributed by atoms with Crippen molar-refractivity contribution in [2.75, 3.05) is 19.6 Å². The third-order valence-electron chi connectivity index (χ3n) is 4.74. The summed E-state index contributed by atoms with van der Waals surface area (Å²) < 4.78 is 13.3. The normalized spacial score (nSPS) is 25.8. The van der Waals surface area contributed by atoms with E-state index in [0.717, 1.165) is 37.7 Å². The zero-order chi connectivity index (χ0) is 13.8. The summed E-state index contributed by atoms with van der Waals surface area (Å²) >= 11 is 0. The van der Waals surface area contributed by atoms with Gasteiger partial charge in [-0.05, 0) is 62.9 Å². The highest BCUT2D eigenvalue weighted by Crippen LogP contribution is 2.29. The standard InChI is InChI=1S/C16H24FN3/c17-15-9-13(10-19-11-15)12-20-8-2-1-3-16(20)14-4-6-18-7-5-14/h9-11,14,16,18H,1-8,12H2. The van der Waals surface area contributed by atoms with Crippen LogP contribution in [-0.2, 0) is 6.54 Å². The van der Waals surface area contributed by atoms with E-state index < -0.39 is 0 Å². The van der Waals surface area contributed by atoms with Gasteiger partial charge in [0.05, 0.1) is 6.20 Å². The van der Waals surface area contributed by atoms with Gasteiger partial charge in [0.2, 0.25) is 0 Å². The molecule has 0 spiro atoms. The van der Waals surface area contributed by atoms with Crippen molar-refractivity contribution in [2.45, 2.75) is 44.7 Å². The van der Waals surface area contributed by atoms with Gasteiger partial charge in [0, 0.05) is 18.8 Å². The summed E-state index contributed by atoms with van der Waals surface area (Å²) in [5.41, 5.74) is 1.01. The molecule has 2 fully saturated rings. The number of hydrogen-bond acceptors (Lipinski definition) is 3. The van der Waals surface area contributed by atoms with Gasteiger partial charge < -0.3 is 5.32 Å². The van der Waals surface area contributed by atoms with Crippen molar-refractivity contribution in [3.05, 3.63) is 29.8 Å². The molecule has 1 atom stereocenters. The van der Waals surface area contributed by atoms with Gasteiger partial charge in [-0.25, -0.2) is 4.39 Å². The Balaban J connectivity index is 1.68. The molecule has 2 aliphatic heterocycles. The molecule has 3 heterocycles. The molecular formula is C16H24FN3. The van der Waals surface area contributed by atoms with Gasteiger partial charge in [-0.1, -0.05) is 6.42 Å². The van der Waals surface area contributed by atoms with E-state index in [-0.39, 0.29) is 5.82 Å². The highest BCUT2D eigenvalue weighted by atomic mass is 19.1. The topological polar surface area (TPSA) is 28.2 Å². The lowest BCUT2D eigenvalue weighted by atomic mass is 9.84. The molecule has 2 saturated heterocycles. The summed E-state index contributed by atoms with van der Waals surface area (Å²) in [7, 11) is 0. The molecule has 1 unspecified atom stereocenters. The molecule has 0 radical (unpaired) electrons. The summed E-state index contributed by atoms with van der Waals surface area (Å²) in [6.45, 7) is 4.29. The van der Waals surface area contributed by atoms with Crippen LogP contribution in [0.5, 0.6) is 0 Å². The second kappa shape index (κ2) is 6.64. The summed E-state index contributed by atoms with van der Waals surface area (Å²) in [4.78, 5) is 6.54. The minimum absolute atomic E-state index is 0.224. The third-order valence-corrected chi connectivity index (χ3v) is 4.74. The van der Waals surface area contributed by atoms with E-state index in [9.17, 15) is 4.39 Å². The predicted molar refractivity (Wildman–Crippen MR) is 77.8 cm³/mol. The molecule has 0 aliphatic carbocycles. The van der Waals surface area contributed by atoms with Crippen LogP contribution in [0.3, 0.4) is 0 Å². The number of hydrogen-bond donors (Lipinski definition) is 1. The van der Waals surface area contributed by atoms with E-state index in [1.54, 1.807) is 12.3 Å². The average molecular weight is 277 g/mol. The summed E-state index contributed by atoms with van der Waals surface area (Å²) in [6.07, 6.45) is 9.55. The van der Waals surface area contributed by atoms with Crippen LogP contribution in [0, 0.1) is 11.7 Å². The van der Waals surface area contributed by atoms with Gasteiger partial charge in [-0.3, -0.25) is 9.88 Å². The van der Waals surface area contributed by atoms with Crippen molar-refractivity contribution in [2.24, 2.45) is 5.92 Å². The Kier molecular flexibility index (Phi) is 4.63. The van der Waals surface area contributed by atoms with Crippen molar-refractivity contribution < 1.29 is 4.39 Å². The molecule has 0 saturated carbocycles. The fourth-order valence-electron chi connectivity index (χ4n) is 3.75. The molecule has 2 aliphatic rings. The molecule has 1 N–H and O–H groups in total. The fraction of sp³-hybridized carbons (Fsp3) is 0.688. The molecule has 0 amide bonds. The van der Waals surface area contributed by atoms with Crippen LogP contribution in [0.2, 0.25) is 0 Å². The first kappa shape index (κ1) is 14.0. The first-order chi connectivity index (χ1) is 9.83. The van der Waals surface area contributed by atoms with Crippen LogP contribution < -0.4 is 5.32 Å². The van der Waals surface area contributed by atoms with Crippen LogP contribution in [-0.4, -0.2) is 35.6 Å². The van der Waals surface area contributed by atoms with Crippen LogP contribution in [0.4, 0.5) is 4.39 Å².